The number of hydrogen-bond donors (Lipinski definition) is 1. The molecule has 0 spiro atoms. The topological polar surface area (TPSA) is 47.3 Å². The molecule has 1 unspecified atom stereocenters. The SMILES string of the molecule is CCn1cc(Oc2ccc(Br)cc2C(C)O)cn1. The number of nitrogens with zero attached hydrogens (tertiary/aromatic N) is 2. The maximum absolute atomic E-state index is 9.74. The molecule has 0 aliphatic heterocycles. The van der Waals surface area contributed by atoms with Gasteiger partial charge in [0.05, 0.1) is 18.5 Å². The van der Waals surface area contributed by atoms with Crippen LogP contribution >= 0.6 is 15.9 Å². The van der Waals surface area contributed by atoms with E-state index < -0.39 is 6.10 Å². The van der Waals surface area contributed by atoms with Crippen molar-refractivity contribution >= 4 is 15.9 Å². The van der Waals surface area contributed by atoms with Crippen LogP contribution in [0.3, 0.4) is 0 Å². The average Bonchev–Trinajstić information content (AvgIpc) is 2.79. The second-order valence-electron chi connectivity index (χ2n) is 3.99. The second kappa shape index (κ2) is 5.54. The Labute approximate surface area is 114 Å². The highest BCUT2D eigenvalue weighted by Gasteiger charge is 2.11. The van der Waals surface area contributed by atoms with Crippen LogP contribution in [0.1, 0.15) is 25.5 Å². The van der Waals surface area contributed by atoms with E-state index >= 15 is 0 Å². The monoisotopic (exact) mass is 310 g/mol. The smallest absolute Gasteiger partial charge is 0.165 e. The molecule has 1 atom stereocenters. The number of aliphatic hydroxyl groups excluding tert-OH is 1. The minimum atomic E-state index is -0.585. The fourth-order valence-corrected chi connectivity index (χ4v) is 2.01. The summed E-state index contributed by atoms with van der Waals surface area (Å²) in [5, 5.41) is 13.9. The Morgan fingerprint density at radius 1 is 1.50 bits per heavy atom. The van der Waals surface area contributed by atoms with Gasteiger partial charge in [-0.05, 0) is 32.0 Å². The Morgan fingerprint density at radius 2 is 2.28 bits per heavy atom. The van der Waals surface area contributed by atoms with Gasteiger partial charge >= 0.3 is 0 Å². The maximum atomic E-state index is 9.74. The molecule has 2 aromatic rings. The van der Waals surface area contributed by atoms with Crippen molar-refractivity contribution in [2.24, 2.45) is 0 Å². The molecule has 1 aromatic carbocycles. The van der Waals surface area contributed by atoms with Crippen LogP contribution in [-0.4, -0.2) is 14.9 Å². The highest BCUT2D eigenvalue weighted by atomic mass is 79.9. The van der Waals surface area contributed by atoms with E-state index in [1.54, 1.807) is 17.8 Å². The third kappa shape index (κ3) is 2.91. The Morgan fingerprint density at radius 3 is 2.89 bits per heavy atom. The van der Waals surface area contributed by atoms with Crippen molar-refractivity contribution in [3.05, 3.63) is 40.6 Å². The molecule has 0 bridgehead atoms. The largest absolute Gasteiger partial charge is 0.454 e. The van der Waals surface area contributed by atoms with E-state index in [0.717, 1.165) is 16.6 Å². The van der Waals surface area contributed by atoms with Crippen molar-refractivity contribution in [2.75, 3.05) is 0 Å². The summed E-state index contributed by atoms with van der Waals surface area (Å²) in [6, 6.07) is 5.56. The Hall–Kier alpha value is -1.33. The molecule has 1 heterocycles. The fraction of sp³-hybridized carbons (Fsp3) is 0.308. The van der Waals surface area contributed by atoms with E-state index in [4.69, 9.17) is 4.74 Å². The maximum Gasteiger partial charge on any atom is 0.165 e. The fourth-order valence-electron chi connectivity index (χ4n) is 1.64. The zero-order chi connectivity index (χ0) is 13.1. The second-order valence-corrected chi connectivity index (χ2v) is 4.91. The van der Waals surface area contributed by atoms with E-state index in [2.05, 4.69) is 21.0 Å². The van der Waals surface area contributed by atoms with Gasteiger partial charge in [0.1, 0.15) is 5.75 Å². The molecule has 0 saturated heterocycles. The predicted octanol–water partition coefficient (Wildman–Crippen LogP) is 3.51. The molecule has 1 aromatic heterocycles. The number of aryl methyl sites for hydroxylation is 1. The molecule has 2 rings (SSSR count). The highest BCUT2D eigenvalue weighted by molar-refractivity contribution is 9.10. The molecule has 0 aliphatic carbocycles. The number of halogens is 1. The Balaban J connectivity index is 2.28. The lowest BCUT2D eigenvalue weighted by molar-refractivity contribution is 0.195. The standard InChI is InChI=1S/C13H15BrN2O2/c1-3-16-8-11(7-15-16)18-13-5-4-10(14)6-12(13)9(2)17/h4-9,17H,3H2,1-2H3. The summed E-state index contributed by atoms with van der Waals surface area (Å²) >= 11 is 3.38. The molecular formula is C13H15BrN2O2. The number of ether oxygens (including phenoxy) is 1. The number of aromatic nitrogens is 2. The van der Waals surface area contributed by atoms with E-state index in [1.807, 2.05) is 31.3 Å². The first-order valence-corrected chi connectivity index (χ1v) is 6.57. The van der Waals surface area contributed by atoms with E-state index in [0.29, 0.717) is 11.5 Å². The van der Waals surface area contributed by atoms with Crippen molar-refractivity contribution in [1.29, 1.82) is 0 Å². The molecule has 5 heteroatoms. The van der Waals surface area contributed by atoms with E-state index in [-0.39, 0.29) is 0 Å². The summed E-state index contributed by atoms with van der Waals surface area (Å²) in [5.74, 6) is 1.31. The predicted molar refractivity (Wildman–Crippen MR) is 72.8 cm³/mol. The molecular weight excluding hydrogens is 296 g/mol. The van der Waals surface area contributed by atoms with Crippen molar-refractivity contribution < 1.29 is 9.84 Å². The van der Waals surface area contributed by atoms with E-state index in [9.17, 15) is 5.11 Å². The molecule has 0 saturated carbocycles. The van der Waals surface area contributed by atoms with Crippen LogP contribution in [0.5, 0.6) is 11.5 Å². The van der Waals surface area contributed by atoms with Gasteiger partial charge in [0.2, 0.25) is 0 Å². The van der Waals surface area contributed by atoms with Gasteiger partial charge in [0.25, 0.3) is 0 Å². The van der Waals surface area contributed by atoms with Gasteiger partial charge in [-0.1, -0.05) is 15.9 Å². The van der Waals surface area contributed by atoms with Gasteiger partial charge < -0.3 is 9.84 Å². The lowest BCUT2D eigenvalue weighted by Crippen LogP contribution is -1.96. The van der Waals surface area contributed by atoms with Crippen LogP contribution in [0.2, 0.25) is 0 Å². The Bertz CT molecular complexity index is 538. The molecule has 0 aliphatic rings. The number of rotatable bonds is 4. The lowest BCUT2D eigenvalue weighted by Gasteiger charge is -2.12. The molecule has 0 fully saturated rings. The molecule has 96 valence electrons. The summed E-state index contributed by atoms with van der Waals surface area (Å²) in [6.45, 7) is 4.52. The van der Waals surface area contributed by atoms with Gasteiger partial charge in [0.15, 0.2) is 5.75 Å². The van der Waals surface area contributed by atoms with Crippen LogP contribution in [0, 0.1) is 0 Å². The quantitative estimate of drug-likeness (QED) is 0.940. The van der Waals surface area contributed by atoms with Crippen LogP contribution in [0.4, 0.5) is 0 Å². The first kappa shape index (κ1) is 13.1. The minimum absolute atomic E-state index is 0.585. The normalized spacial score (nSPS) is 12.4. The zero-order valence-corrected chi connectivity index (χ0v) is 11.9. The van der Waals surface area contributed by atoms with Gasteiger partial charge in [-0.3, -0.25) is 4.68 Å². The molecule has 4 nitrogen and oxygen atoms in total. The van der Waals surface area contributed by atoms with Crippen molar-refractivity contribution in [2.45, 2.75) is 26.5 Å². The molecule has 1 N–H and O–H groups in total. The van der Waals surface area contributed by atoms with Crippen LogP contribution in [-0.2, 0) is 6.54 Å². The first-order chi connectivity index (χ1) is 8.60. The molecule has 0 amide bonds. The van der Waals surface area contributed by atoms with Crippen molar-refractivity contribution in [1.82, 2.24) is 9.78 Å². The van der Waals surface area contributed by atoms with Crippen LogP contribution in [0.15, 0.2) is 35.1 Å². The van der Waals surface area contributed by atoms with E-state index in [1.165, 1.54) is 0 Å². The summed E-state index contributed by atoms with van der Waals surface area (Å²) in [4.78, 5) is 0. The van der Waals surface area contributed by atoms with Gasteiger partial charge in [-0.15, -0.1) is 0 Å². The zero-order valence-electron chi connectivity index (χ0n) is 10.3. The first-order valence-electron chi connectivity index (χ1n) is 5.78. The minimum Gasteiger partial charge on any atom is -0.454 e. The number of aliphatic hydroxyl groups is 1. The molecule has 18 heavy (non-hydrogen) atoms. The third-order valence-electron chi connectivity index (χ3n) is 2.58. The molecule has 0 radical (unpaired) electrons. The Kier molecular flexibility index (Phi) is 4.04. The van der Waals surface area contributed by atoms with Crippen LogP contribution < -0.4 is 4.74 Å². The van der Waals surface area contributed by atoms with Gasteiger partial charge in [-0.2, -0.15) is 5.10 Å². The van der Waals surface area contributed by atoms with Crippen LogP contribution in [0.25, 0.3) is 0 Å². The summed E-state index contributed by atoms with van der Waals surface area (Å²) in [6.07, 6.45) is 2.91. The van der Waals surface area contributed by atoms with Gasteiger partial charge in [-0.25, -0.2) is 0 Å². The lowest BCUT2D eigenvalue weighted by atomic mass is 10.1. The summed E-state index contributed by atoms with van der Waals surface area (Å²) in [5.41, 5.74) is 0.744. The van der Waals surface area contributed by atoms with Crippen molar-refractivity contribution in [3.8, 4) is 11.5 Å². The third-order valence-corrected chi connectivity index (χ3v) is 3.08. The highest BCUT2D eigenvalue weighted by Crippen LogP contribution is 2.31. The van der Waals surface area contributed by atoms with Gasteiger partial charge in [0, 0.05) is 16.6 Å². The van der Waals surface area contributed by atoms with Crippen molar-refractivity contribution in [3.63, 3.8) is 0 Å². The average molecular weight is 311 g/mol. The number of benzene rings is 1. The number of hydrogen-bond acceptors (Lipinski definition) is 3. The summed E-state index contributed by atoms with van der Waals surface area (Å²) in [7, 11) is 0. The summed E-state index contributed by atoms with van der Waals surface area (Å²) < 4.78 is 8.44.